The molecule has 0 rings (SSSR count). The summed E-state index contributed by atoms with van der Waals surface area (Å²) in [6, 6.07) is 3.35. The van der Waals surface area contributed by atoms with Gasteiger partial charge in [-0.15, -0.1) is 6.58 Å². The highest BCUT2D eigenvalue weighted by Crippen LogP contribution is 2.23. The quantitative estimate of drug-likeness (QED) is 0.472. The van der Waals surface area contributed by atoms with Crippen molar-refractivity contribution in [2.75, 3.05) is 21.3 Å². The zero-order valence-electron chi connectivity index (χ0n) is 11.3. The highest BCUT2D eigenvalue weighted by Gasteiger charge is 2.37. The summed E-state index contributed by atoms with van der Waals surface area (Å²) in [5, 5.41) is 0. The molecule has 0 heterocycles. The van der Waals surface area contributed by atoms with Gasteiger partial charge in [-0.1, -0.05) is 31.6 Å². The van der Waals surface area contributed by atoms with E-state index >= 15 is 0 Å². The van der Waals surface area contributed by atoms with E-state index in [4.69, 9.17) is 13.3 Å². The molecule has 0 aliphatic carbocycles. The fourth-order valence-corrected chi connectivity index (χ4v) is 6.03. The third kappa shape index (κ3) is 5.40. The first-order valence-electron chi connectivity index (χ1n) is 5.71. The Kier molecular flexibility index (Phi) is 7.42. The summed E-state index contributed by atoms with van der Waals surface area (Å²) in [5.41, 5.74) is 0. The molecule has 0 aromatic heterocycles. The van der Waals surface area contributed by atoms with E-state index in [2.05, 4.69) is 19.7 Å². The van der Waals surface area contributed by atoms with E-state index in [0.29, 0.717) is 0 Å². The minimum absolute atomic E-state index is 0.907. The maximum absolute atomic E-state index is 5.40. The van der Waals surface area contributed by atoms with Gasteiger partial charge in [0, 0.05) is 27.4 Å². The molecule has 0 bridgehead atoms. The molecule has 0 aliphatic rings. The van der Waals surface area contributed by atoms with Gasteiger partial charge >= 0.3 is 8.80 Å². The van der Waals surface area contributed by atoms with Gasteiger partial charge in [-0.3, -0.25) is 0 Å². The second kappa shape index (κ2) is 7.39. The predicted molar refractivity (Wildman–Crippen MR) is 73.5 cm³/mol. The lowest BCUT2D eigenvalue weighted by Crippen LogP contribution is -2.43. The molecule has 0 saturated heterocycles. The van der Waals surface area contributed by atoms with Crippen molar-refractivity contribution in [1.82, 2.24) is 0 Å². The maximum atomic E-state index is 5.40. The molecule has 0 unspecified atom stereocenters. The van der Waals surface area contributed by atoms with Crippen LogP contribution in [0.2, 0.25) is 31.2 Å². The number of rotatable bonds is 9. The molecule has 0 spiro atoms. The average molecular weight is 262 g/mol. The Labute approximate surface area is 102 Å². The molecular formula is C11H26O3Si2. The van der Waals surface area contributed by atoms with Crippen molar-refractivity contribution in [2.45, 2.75) is 37.6 Å². The Morgan fingerprint density at radius 3 is 1.88 bits per heavy atom. The number of allylic oxidation sites excluding steroid dienone is 1. The Hall–Kier alpha value is 0.0538. The summed E-state index contributed by atoms with van der Waals surface area (Å²) in [4.78, 5) is 0. The highest BCUT2D eigenvalue weighted by atomic mass is 28.4. The normalized spacial score (nSPS) is 12.8. The van der Waals surface area contributed by atoms with E-state index in [-0.39, 0.29) is 0 Å². The zero-order chi connectivity index (χ0) is 12.7. The summed E-state index contributed by atoms with van der Waals surface area (Å²) in [6.07, 6.45) is 3.16. The van der Waals surface area contributed by atoms with Crippen LogP contribution in [0, 0.1) is 0 Å². The van der Waals surface area contributed by atoms with Gasteiger partial charge in [-0.2, -0.15) is 0 Å². The molecule has 3 nitrogen and oxygen atoms in total. The summed E-state index contributed by atoms with van der Waals surface area (Å²) in [7, 11) is 1.57. The minimum Gasteiger partial charge on any atom is -0.377 e. The fraction of sp³-hybridized carbons (Fsp3) is 0.818. The van der Waals surface area contributed by atoms with Crippen LogP contribution < -0.4 is 0 Å². The monoisotopic (exact) mass is 262 g/mol. The maximum Gasteiger partial charge on any atom is 0.500 e. The van der Waals surface area contributed by atoms with Crippen LogP contribution in [0.3, 0.4) is 0 Å². The zero-order valence-corrected chi connectivity index (χ0v) is 13.3. The van der Waals surface area contributed by atoms with E-state index in [1.165, 1.54) is 12.1 Å². The molecule has 0 saturated carbocycles. The van der Waals surface area contributed by atoms with E-state index in [1.54, 1.807) is 21.3 Å². The predicted octanol–water partition coefficient (Wildman–Crippen LogP) is 3.15. The topological polar surface area (TPSA) is 27.7 Å². The first-order valence-corrected chi connectivity index (χ1v) is 11.1. The van der Waals surface area contributed by atoms with Crippen molar-refractivity contribution in [3.63, 3.8) is 0 Å². The lowest BCUT2D eigenvalue weighted by atomic mass is 10.6. The van der Waals surface area contributed by atoms with Crippen LogP contribution in [-0.2, 0) is 13.3 Å². The smallest absolute Gasteiger partial charge is 0.377 e. The lowest BCUT2D eigenvalue weighted by Gasteiger charge is -2.26. The van der Waals surface area contributed by atoms with Gasteiger partial charge in [0.2, 0.25) is 0 Å². The van der Waals surface area contributed by atoms with Gasteiger partial charge in [-0.25, -0.2) is 0 Å². The van der Waals surface area contributed by atoms with Crippen molar-refractivity contribution in [2.24, 2.45) is 0 Å². The molecule has 0 amide bonds. The Bertz CT molecular complexity index is 195. The standard InChI is InChI=1S/C11H26O3Si2/c1-7-9-15(5,6)10-8-11-16(12-2,13-3)14-4/h7H,1,8-11H2,2-6H3. The van der Waals surface area contributed by atoms with Gasteiger partial charge in [0.15, 0.2) is 0 Å². The molecular weight excluding hydrogens is 236 g/mol. The van der Waals surface area contributed by atoms with Gasteiger partial charge in [0.1, 0.15) is 0 Å². The lowest BCUT2D eigenvalue weighted by molar-refractivity contribution is 0.123. The molecule has 16 heavy (non-hydrogen) atoms. The molecule has 0 radical (unpaired) electrons. The van der Waals surface area contributed by atoms with E-state index in [1.807, 2.05) is 6.08 Å². The largest absolute Gasteiger partial charge is 0.500 e. The summed E-state index contributed by atoms with van der Waals surface area (Å²) in [5.74, 6) is 0. The Morgan fingerprint density at radius 2 is 1.50 bits per heavy atom. The van der Waals surface area contributed by atoms with Crippen LogP contribution in [0.15, 0.2) is 12.7 Å². The third-order valence-electron chi connectivity index (χ3n) is 2.97. The van der Waals surface area contributed by atoms with Crippen molar-refractivity contribution in [3.8, 4) is 0 Å². The van der Waals surface area contributed by atoms with E-state index in [9.17, 15) is 0 Å². The SMILES string of the molecule is C=CC[Si](C)(C)CCC[Si](OC)(OC)OC. The molecule has 0 N–H and O–H groups in total. The summed E-state index contributed by atoms with van der Waals surface area (Å²) < 4.78 is 16.2. The molecule has 0 aliphatic heterocycles. The second-order valence-corrected chi connectivity index (χ2v) is 13.1. The Balaban J connectivity index is 4.08. The third-order valence-corrected chi connectivity index (χ3v) is 8.90. The molecule has 0 aromatic rings. The van der Waals surface area contributed by atoms with Crippen LogP contribution >= 0.6 is 0 Å². The summed E-state index contributed by atoms with van der Waals surface area (Å²) >= 11 is 0. The molecule has 96 valence electrons. The molecule has 5 heteroatoms. The van der Waals surface area contributed by atoms with Gasteiger partial charge in [0.25, 0.3) is 0 Å². The Morgan fingerprint density at radius 1 is 1.00 bits per heavy atom. The fourth-order valence-electron chi connectivity index (χ4n) is 1.83. The van der Waals surface area contributed by atoms with Gasteiger partial charge < -0.3 is 13.3 Å². The molecule has 0 fully saturated rings. The van der Waals surface area contributed by atoms with Crippen LogP contribution in [-0.4, -0.2) is 38.2 Å². The average Bonchev–Trinajstić information content (AvgIpc) is 2.25. The van der Waals surface area contributed by atoms with Crippen LogP contribution in [0.25, 0.3) is 0 Å². The van der Waals surface area contributed by atoms with Gasteiger partial charge in [0.05, 0.1) is 8.07 Å². The van der Waals surface area contributed by atoms with Gasteiger partial charge in [-0.05, 0) is 6.04 Å². The molecule has 0 aromatic carbocycles. The van der Waals surface area contributed by atoms with E-state index in [0.717, 1.165) is 12.5 Å². The molecule has 0 atom stereocenters. The minimum atomic E-state index is -2.34. The van der Waals surface area contributed by atoms with Crippen molar-refractivity contribution >= 4 is 16.9 Å². The van der Waals surface area contributed by atoms with Crippen LogP contribution in [0.4, 0.5) is 0 Å². The summed E-state index contributed by atoms with van der Waals surface area (Å²) in [6.45, 7) is 8.61. The number of hydrogen-bond acceptors (Lipinski definition) is 3. The van der Waals surface area contributed by atoms with Crippen molar-refractivity contribution < 1.29 is 13.3 Å². The van der Waals surface area contributed by atoms with Crippen LogP contribution in [0.1, 0.15) is 6.42 Å². The number of hydrogen-bond donors (Lipinski definition) is 0. The first-order chi connectivity index (χ1) is 7.45. The highest BCUT2D eigenvalue weighted by molar-refractivity contribution is 6.77. The van der Waals surface area contributed by atoms with Crippen molar-refractivity contribution in [3.05, 3.63) is 12.7 Å². The second-order valence-electron chi connectivity index (χ2n) is 4.81. The van der Waals surface area contributed by atoms with Crippen LogP contribution in [0.5, 0.6) is 0 Å². The first kappa shape index (κ1) is 16.1. The van der Waals surface area contributed by atoms with E-state index < -0.39 is 16.9 Å². The van der Waals surface area contributed by atoms with Crippen molar-refractivity contribution in [1.29, 1.82) is 0 Å².